The van der Waals surface area contributed by atoms with E-state index < -0.39 is 23.3 Å². The lowest BCUT2D eigenvalue weighted by Gasteiger charge is -2.27. The molecule has 0 radical (unpaired) electrons. The first-order valence-electron chi connectivity index (χ1n) is 6.68. The summed E-state index contributed by atoms with van der Waals surface area (Å²) in [5, 5.41) is 11.8. The van der Waals surface area contributed by atoms with Gasteiger partial charge in [0.25, 0.3) is 5.91 Å². The van der Waals surface area contributed by atoms with Crippen LogP contribution in [0.15, 0.2) is 24.4 Å². The Morgan fingerprint density at radius 3 is 2.52 bits per heavy atom. The van der Waals surface area contributed by atoms with E-state index in [0.29, 0.717) is 5.65 Å². The van der Waals surface area contributed by atoms with E-state index in [9.17, 15) is 14.7 Å². The van der Waals surface area contributed by atoms with Gasteiger partial charge in [0, 0.05) is 11.9 Å². The molecule has 0 saturated carbocycles. The first kappa shape index (κ1) is 15.0. The summed E-state index contributed by atoms with van der Waals surface area (Å²) in [5.74, 6) is -1.55. The van der Waals surface area contributed by atoms with Gasteiger partial charge in [-0.25, -0.2) is 9.78 Å². The van der Waals surface area contributed by atoms with Gasteiger partial charge >= 0.3 is 5.97 Å². The molecule has 0 saturated heterocycles. The number of carbonyl (C=O) groups is 2. The van der Waals surface area contributed by atoms with Crippen molar-refractivity contribution in [2.24, 2.45) is 5.41 Å². The van der Waals surface area contributed by atoms with Crippen molar-refractivity contribution in [2.75, 3.05) is 0 Å². The van der Waals surface area contributed by atoms with Crippen LogP contribution in [0.3, 0.4) is 0 Å². The topological polar surface area (TPSA) is 83.7 Å². The molecule has 1 atom stereocenters. The number of amides is 1. The molecule has 0 aromatic carbocycles. The first-order valence-corrected chi connectivity index (χ1v) is 6.68. The number of pyridine rings is 1. The van der Waals surface area contributed by atoms with E-state index in [1.54, 1.807) is 37.4 Å². The van der Waals surface area contributed by atoms with Crippen molar-refractivity contribution in [3.63, 3.8) is 0 Å². The van der Waals surface area contributed by atoms with Crippen molar-refractivity contribution < 1.29 is 14.7 Å². The molecular formula is C15H19N3O3. The van der Waals surface area contributed by atoms with Gasteiger partial charge in [-0.1, -0.05) is 26.8 Å². The molecule has 0 unspecified atom stereocenters. The lowest BCUT2D eigenvalue weighted by molar-refractivity contribution is -0.142. The number of imidazole rings is 1. The quantitative estimate of drug-likeness (QED) is 0.903. The molecule has 0 spiro atoms. The number of hydrogen-bond donors (Lipinski definition) is 2. The zero-order chi connectivity index (χ0) is 15.8. The number of rotatable bonds is 3. The minimum absolute atomic E-state index is 0.208. The van der Waals surface area contributed by atoms with Crippen LogP contribution in [0.5, 0.6) is 0 Å². The SMILES string of the molecule is Cc1cccc2nc(C(=O)N[C@@H](C(=O)O)C(C)(C)C)cn12. The third kappa shape index (κ3) is 3.04. The number of aliphatic carboxylic acids is 1. The Hall–Kier alpha value is -2.37. The van der Waals surface area contributed by atoms with Crippen LogP contribution >= 0.6 is 0 Å². The van der Waals surface area contributed by atoms with Gasteiger partial charge in [-0.3, -0.25) is 4.79 Å². The Bertz CT molecular complexity index is 698. The maximum absolute atomic E-state index is 12.2. The number of carboxylic acid groups (broad SMARTS) is 1. The van der Waals surface area contributed by atoms with Gasteiger partial charge in [-0.15, -0.1) is 0 Å². The van der Waals surface area contributed by atoms with Crippen molar-refractivity contribution in [1.82, 2.24) is 14.7 Å². The summed E-state index contributed by atoms with van der Waals surface area (Å²) < 4.78 is 1.79. The number of hydrogen-bond acceptors (Lipinski definition) is 3. The largest absolute Gasteiger partial charge is 0.480 e. The van der Waals surface area contributed by atoms with E-state index in [-0.39, 0.29) is 5.69 Å². The summed E-state index contributed by atoms with van der Waals surface area (Å²) in [6.07, 6.45) is 1.61. The van der Waals surface area contributed by atoms with Crippen LogP contribution in [0, 0.1) is 12.3 Å². The summed E-state index contributed by atoms with van der Waals surface area (Å²) in [7, 11) is 0. The number of nitrogens with zero attached hydrogens (tertiary/aromatic N) is 2. The minimum atomic E-state index is -1.06. The van der Waals surface area contributed by atoms with E-state index in [2.05, 4.69) is 10.3 Å². The number of fused-ring (bicyclic) bond motifs is 1. The van der Waals surface area contributed by atoms with E-state index in [4.69, 9.17) is 0 Å². The Balaban J connectivity index is 2.30. The van der Waals surface area contributed by atoms with Gasteiger partial charge in [0.15, 0.2) is 0 Å². The average molecular weight is 289 g/mol. The summed E-state index contributed by atoms with van der Waals surface area (Å²) in [5.41, 5.74) is 1.23. The van der Waals surface area contributed by atoms with Crippen LogP contribution in [0.2, 0.25) is 0 Å². The molecule has 0 aliphatic rings. The molecule has 6 nitrogen and oxygen atoms in total. The molecule has 2 aromatic rings. The molecule has 21 heavy (non-hydrogen) atoms. The maximum atomic E-state index is 12.2. The van der Waals surface area contributed by atoms with E-state index >= 15 is 0 Å². The average Bonchev–Trinajstić information content (AvgIpc) is 2.79. The third-order valence-corrected chi connectivity index (χ3v) is 3.32. The zero-order valence-corrected chi connectivity index (χ0v) is 12.5. The number of nitrogens with one attached hydrogen (secondary N) is 1. The smallest absolute Gasteiger partial charge is 0.326 e. The van der Waals surface area contributed by atoms with Crippen molar-refractivity contribution >= 4 is 17.5 Å². The van der Waals surface area contributed by atoms with Crippen molar-refractivity contribution in [3.8, 4) is 0 Å². The lowest BCUT2D eigenvalue weighted by Crippen LogP contribution is -2.49. The third-order valence-electron chi connectivity index (χ3n) is 3.32. The molecule has 0 aliphatic heterocycles. The number of aromatic nitrogens is 2. The molecule has 0 bridgehead atoms. The second-order valence-corrected chi connectivity index (χ2v) is 6.13. The van der Waals surface area contributed by atoms with E-state index in [1.807, 2.05) is 19.1 Å². The highest BCUT2D eigenvalue weighted by atomic mass is 16.4. The predicted octanol–water partition coefficient (Wildman–Crippen LogP) is 1.87. The second kappa shape index (κ2) is 5.20. The Morgan fingerprint density at radius 2 is 2.00 bits per heavy atom. The van der Waals surface area contributed by atoms with E-state index in [0.717, 1.165) is 5.69 Å². The number of carboxylic acids is 1. The molecule has 0 aliphatic carbocycles. The van der Waals surface area contributed by atoms with Gasteiger partial charge in [0.1, 0.15) is 17.4 Å². The molecule has 2 heterocycles. The monoisotopic (exact) mass is 289 g/mol. The van der Waals surface area contributed by atoms with Crippen LogP contribution < -0.4 is 5.32 Å². The maximum Gasteiger partial charge on any atom is 0.326 e. The fourth-order valence-corrected chi connectivity index (χ4v) is 2.11. The first-order chi connectivity index (χ1) is 9.70. The molecule has 0 fully saturated rings. The predicted molar refractivity (Wildman–Crippen MR) is 78.3 cm³/mol. The normalized spacial score (nSPS) is 13.1. The highest BCUT2D eigenvalue weighted by Crippen LogP contribution is 2.20. The highest BCUT2D eigenvalue weighted by molar-refractivity contribution is 5.95. The molecular weight excluding hydrogens is 270 g/mol. The Labute approximate surface area is 122 Å². The van der Waals surface area contributed by atoms with Crippen LogP contribution in [0.4, 0.5) is 0 Å². The van der Waals surface area contributed by atoms with Crippen LogP contribution in [-0.4, -0.2) is 32.4 Å². The van der Waals surface area contributed by atoms with E-state index in [1.165, 1.54) is 0 Å². The van der Waals surface area contributed by atoms with Crippen molar-refractivity contribution in [2.45, 2.75) is 33.7 Å². The van der Waals surface area contributed by atoms with Gasteiger partial charge < -0.3 is 14.8 Å². The minimum Gasteiger partial charge on any atom is -0.480 e. The molecule has 112 valence electrons. The second-order valence-electron chi connectivity index (χ2n) is 6.13. The van der Waals surface area contributed by atoms with Gasteiger partial charge in [-0.05, 0) is 24.5 Å². The van der Waals surface area contributed by atoms with Crippen LogP contribution in [0.1, 0.15) is 37.0 Å². The summed E-state index contributed by atoms with van der Waals surface area (Å²) in [6.45, 7) is 7.20. The highest BCUT2D eigenvalue weighted by Gasteiger charge is 2.33. The summed E-state index contributed by atoms with van der Waals surface area (Å²) in [4.78, 5) is 27.8. The zero-order valence-electron chi connectivity index (χ0n) is 12.5. The summed E-state index contributed by atoms with van der Waals surface area (Å²) >= 11 is 0. The van der Waals surface area contributed by atoms with Crippen molar-refractivity contribution in [1.29, 1.82) is 0 Å². The molecule has 6 heteroatoms. The number of carbonyl (C=O) groups excluding carboxylic acids is 1. The summed E-state index contributed by atoms with van der Waals surface area (Å²) in [6, 6.07) is 4.58. The fourth-order valence-electron chi connectivity index (χ4n) is 2.11. The number of aryl methyl sites for hydroxylation is 1. The van der Waals surface area contributed by atoms with Crippen LogP contribution in [-0.2, 0) is 4.79 Å². The molecule has 2 N–H and O–H groups in total. The van der Waals surface area contributed by atoms with Crippen molar-refractivity contribution in [3.05, 3.63) is 35.8 Å². The Kier molecular flexibility index (Phi) is 3.72. The van der Waals surface area contributed by atoms with Gasteiger partial charge in [0.05, 0.1) is 0 Å². The molecule has 2 rings (SSSR count). The fraction of sp³-hybridized carbons (Fsp3) is 0.400. The van der Waals surface area contributed by atoms with Crippen LogP contribution in [0.25, 0.3) is 5.65 Å². The molecule has 2 aromatic heterocycles. The van der Waals surface area contributed by atoms with Gasteiger partial charge in [-0.2, -0.15) is 0 Å². The molecule has 1 amide bonds. The standard InChI is InChI=1S/C15H19N3O3/c1-9-6-5-7-11-16-10(8-18(9)11)13(19)17-12(14(20)21)15(2,3)4/h5-8,12H,1-4H3,(H,17,19)(H,20,21)/t12-/m0/s1. The Morgan fingerprint density at radius 1 is 1.33 bits per heavy atom. The van der Waals surface area contributed by atoms with Gasteiger partial charge in [0.2, 0.25) is 0 Å². The lowest BCUT2D eigenvalue weighted by atomic mass is 9.87.